The van der Waals surface area contributed by atoms with Crippen LogP contribution >= 0.6 is 11.5 Å². The largest absolute Gasteiger partial charge is 0.460 e. The Morgan fingerprint density at radius 3 is 2.86 bits per heavy atom. The number of ether oxygens (including phenoxy) is 1. The maximum absolute atomic E-state index is 12.8. The number of aliphatic hydroxyl groups is 1. The molecule has 1 aliphatic heterocycles. The maximum Gasteiger partial charge on any atom is 0.330 e. The minimum Gasteiger partial charge on any atom is -0.460 e. The Morgan fingerprint density at radius 1 is 1.43 bits per heavy atom. The minimum absolute atomic E-state index is 0.0627. The summed E-state index contributed by atoms with van der Waals surface area (Å²) in [6.07, 6.45) is 5.38. The van der Waals surface area contributed by atoms with Crippen LogP contribution in [0.3, 0.4) is 0 Å². The second kappa shape index (κ2) is 8.98. The van der Waals surface area contributed by atoms with E-state index in [1.807, 2.05) is 24.2 Å². The van der Waals surface area contributed by atoms with Crippen molar-refractivity contribution in [3.63, 3.8) is 0 Å². The molecule has 1 saturated heterocycles. The molecule has 0 aromatic carbocycles. The summed E-state index contributed by atoms with van der Waals surface area (Å²) in [5.41, 5.74) is 1.27. The monoisotopic (exact) mass is 496 g/mol. The van der Waals surface area contributed by atoms with Gasteiger partial charge in [0.25, 0.3) is 0 Å². The molecule has 3 aromatic rings. The van der Waals surface area contributed by atoms with Crippen LogP contribution in [0.5, 0.6) is 6.01 Å². The Balaban J connectivity index is 1.19. The van der Waals surface area contributed by atoms with Crippen molar-refractivity contribution in [3.05, 3.63) is 24.0 Å². The number of nitrogens with zero attached hydrogens (tertiary/aromatic N) is 6. The second-order valence-electron chi connectivity index (χ2n) is 9.95. The molecule has 0 radical (unpaired) electrons. The molecule has 12 heteroatoms. The Hall–Kier alpha value is -3.43. The van der Waals surface area contributed by atoms with E-state index in [1.165, 1.54) is 0 Å². The molecular formula is C23H28N8O3S. The van der Waals surface area contributed by atoms with Crippen molar-refractivity contribution in [2.45, 2.75) is 38.3 Å². The zero-order chi connectivity index (χ0) is 24.7. The van der Waals surface area contributed by atoms with E-state index in [4.69, 9.17) is 4.74 Å². The van der Waals surface area contributed by atoms with Crippen molar-refractivity contribution in [2.24, 2.45) is 11.8 Å². The highest BCUT2D eigenvalue weighted by Gasteiger charge is 2.44. The van der Waals surface area contributed by atoms with Crippen LogP contribution in [-0.4, -0.2) is 73.7 Å². The van der Waals surface area contributed by atoms with Crippen molar-refractivity contribution in [1.29, 1.82) is 5.26 Å². The number of carbonyl (C=O) groups excluding carboxylic acids is 1. The molecule has 3 aromatic heterocycles. The number of aromatic amines is 1. The van der Waals surface area contributed by atoms with Gasteiger partial charge in [-0.2, -0.15) is 10.2 Å². The number of nitriles is 1. The molecule has 3 N–H and O–H groups in total. The third kappa shape index (κ3) is 4.74. The molecule has 0 bridgehead atoms. The standard InChI is InChI=1S/C23H28N8O3S/c1-23(2,33)12-34-20-27-21(35-29-20)28-22(32)31-10-13-6-16(7-14(13)11-31)30(3)18-15(8-24)9-26-19-17(18)4-5-25-19/h4-5,9,13-14,16,33H,6-7,10-12H2,1-3H3,(H,25,26)(H,27,28,29,32)/t13-,14+,16+. The molecule has 0 unspecified atom stereocenters. The molecule has 5 rings (SSSR count). The van der Waals surface area contributed by atoms with E-state index in [-0.39, 0.29) is 18.6 Å². The van der Waals surface area contributed by atoms with Gasteiger partial charge in [-0.15, -0.1) is 4.37 Å². The number of hydrogen-bond donors (Lipinski definition) is 3. The first-order valence-electron chi connectivity index (χ1n) is 11.6. The van der Waals surface area contributed by atoms with Crippen LogP contribution in [0.25, 0.3) is 11.0 Å². The van der Waals surface area contributed by atoms with Crippen molar-refractivity contribution in [1.82, 2.24) is 24.2 Å². The van der Waals surface area contributed by atoms with Gasteiger partial charge >= 0.3 is 12.0 Å². The predicted octanol–water partition coefficient (Wildman–Crippen LogP) is 2.81. The minimum atomic E-state index is -0.991. The molecule has 4 heterocycles. The second-order valence-corrected chi connectivity index (χ2v) is 10.7. The van der Waals surface area contributed by atoms with Crippen LogP contribution in [0.4, 0.5) is 15.6 Å². The normalized spacial score (nSPS) is 21.7. The lowest BCUT2D eigenvalue weighted by molar-refractivity contribution is 0.0255. The van der Waals surface area contributed by atoms with Crippen LogP contribution in [0, 0.1) is 23.2 Å². The molecule has 0 spiro atoms. The smallest absolute Gasteiger partial charge is 0.330 e. The first-order valence-corrected chi connectivity index (χ1v) is 12.3. The van der Waals surface area contributed by atoms with Gasteiger partial charge in [0.1, 0.15) is 18.3 Å². The number of amides is 2. The van der Waals surface area contributed by atoms with Gasteiger partial charge < -0.3 is 24.6 Å². The molecule has 11 nitrogen and oxygen atoms in total. The van der Waals surface area contributed by atoms with E-state index >= 15 is 0 Å². The summed E-state index contributed by atoms with van der Waals surface area (Å²) in [7, 11) is 2.05. The Morgan fingerprint density at radius 2 is 2.17 bits per heavy atom. The number of aromatic nitrogens is 4. The van der Waals surface area contributed by atoms with Crippen molar-refractivity contribution < 1.29 is 14.6 Å². The number of hydrogen-bond acceptors (Lipinski definition) is 9. The summed E-state index contributed by atoms with van der Waals surface area (Å²) in [6, 6.07) is 4.49. The van der Waals surface area contributed by atoms with Crippen molar-refractivity contribution in [3.8, 4) is 12.1 Å². The fourth-order valence-corrected chi connectivity index (χ4v) is 5.63. The first kappa shape index (κ1) is 23.3. The van der Waals surface area contributed by atoms with Crippen LogP contribution in [-0.2, 0) is 0 Å². The van der Waals surface area contributed by atoms with Gasteiger partial charge in [-0.3, -0.25) is 5.32 Å². The van der Waals surface area contributed by atoms with E-state index in [9.17, 15) is 15.2 Å². The fourth-order valence-electron chi connectivity index (χ4n) is 5.12. The fraction of sp³-hybridized carbons (Fsp3) is 0.522. The summed E-state index contributed by atoms with van der Waals surface area (Å²) >= 11 is 1.05. The summed E-state index contributed by atoms with van der Waals surface area (Å²) in [5, 5.41) is 23.5. The van der Waals surface area contributed by atoms with Gasteiger partial charge in [-0.25, -0.2) is 9.78 Å². The quantitative estimate of drug-likeness (QED) is 0.473. The SMILES string of the molecule is CN(c1c(C#N)cnc2[nH]ccc12)[C@H]1C[C@@H]2CN(C(=O)Nc3nc(OCC(C)(C)O)ns3)C[C@@H]2C1. The number of urea groups is 1. The Kier molecular flexibility index (Phi) is 5.98. The van der Waals surface area contributed by atoms with Crippen LogP contribution in [0.15, 0.2) is 18.5 Å². The average molecular weight is 497 g/mol. The lowest BCUT2D eigenvalue weighted by atomic mass is 10.0. The summed E-state index contributed by atoms with van der Waals surface area (Å²) in [5.74, 6) is 0.810. The van der Waals surface area contributed by atoms with E-state index in [1.54, 1.807) is 20.0 Å². The predicted molar refractivity (Wildman–Crippen MR) is 132 cm³/mol. The van der Waals surface area contributed by atoms with Gasteiger partial charge in [-0.05, 0) is 44.6 Å². The number of carbonyl (C=O) groups is 1. The number of pyridine rings is 1. The van der Waals surface area contributed by atoms with Crippen LogP contribution in [0.2, 0.25) is 0 Å². The van der Waals surface area contributed by atoms with Gasteiger partial charge in [0.15, 0.2) is 0 Å². The Bertz CT molecular complexity index is 1260. The summed E-state index contributed by atoms with van der Waals surface area (Å²) < 4.78 is 9.45. The molecule has 1 aliphatic carbocycles. The van der Waals surface area contributed by atoms with E-state index < -0.39 is 5.60 Å². The molecule has 2 fully saturated rings. The molecule has 35 heavy (non-hydrogen) atoms. The summed E-state index contributed by atoms with van der Waals surface area (Å²) in [6.45, 7) is 4.70. The van der Waals surface area contributed by atoms with E-state index in [0.29, 0.717) is 41.7 Å². The van der Waals surface area contributed by atoms with Gasteiger partial charge in [0, 0.05) is 55.5 Å². The number of likely N-dealkylation sites (tertiary alicyclic amines) is 1. The molecule has 1 saturated carbocycles. The lowest BCUT2D eigenvalue weighted by Crippen LogP contribution is -2.36. The molecular weight excluding hydrogens is 468 g/mol. The first-order chi connectivity index (χ1) is 16.7. The third-order valence-corrected chi connectivity index (χ3v) is 7.38. The zero-order valence-corrected chi connectivity index (χ0v) is 20.7. The maximum atomic E-state index is 12.8. The number of fused-ring (bicyclic) bond motifs is 2. The van der Waals surface area contributed by atoms with Gasteiger partial charge in [0.05, 0.1) is 16.9 Å². The zero-order valence-electron chi connectivity index (χ0n) is 19.9. The molecule has 3 atom stereocenters. The summed E-state index contributed by atoms with van der Waals surface area (Å²) in [4.78, 5) is 28.5. The lowest BCUT2D eigenvalue weighted by Gasteiger charge is -2.29. The van der Waals surface area contributed by atoms with Crippen molar-refractivity contribution in [2.75, 3.05) is 37.0 Å². The van der Waals surface area contributed by atoms with Gasteiger partial charge in [-0.1, -0.05) is 0 Å². The average Bonchev–Trinajstić information content (AvgIpc) is 3.59. The van der Waals surface area contributed by atoms with E-state index in [2.05, 4.69) is 35.6 Å². The number of anilines is 2. The van der Waals surface area contributed by atoms with Gasteiger partial charge in [0.2, 0.25) is 5.13 Å². The topological polar surface area (TPSA) is 143 Å². The van der Waals surface area contributed by atoms with Crippen LogP contribution < -0.4 is 15.0 Å². The third-order valence-electron chi connectivity index (χ3n) is 6.77. The molecule has 2 amide bonds. The van der Waals surface area contributed by atoms with Crippen molar-refractivity contribution >= 4 is 39.4 Å². The molecule has 2 aliphatic rings. The number of nitrogens with one attached hydrogen (secondary N) is 2. The highest BCUT2D eigenvalue weighted by atomic mass is 32.1. The Labute approximate surface area is 206 Å². The van der Waals surface area contributed by atoms with Crippen LogP contribution in [0.1, 0.15) is 32.3 Å². The highest BCUT2D eigenvalue weighted by molar-refractivity contribution is 7.10. The number of rotatable bonds is 6. The molecule has 184 valence electrons. The number of H-pyrrole nitrogens is 1. The van der Waals surface area contributed by atoms with E-state index in [0.717, 1.165) is 41.1 Å². The highest BCUT2D eigenvalue weighted by Crippen LogP contribution is 2.42.